The SMILES string of the molecule is C/C=C/C=C/C(=O)OCC(OC(=O)/C=C/C=C/C)C1OC(=O)C(OC(=O)/C=C/C=C/C)C1=O. The first-order chi connectivity index (χ1) is 15.8. The van der Waals surface area contributed by atoms with Gasteiger partial charge in [0, 0.05) is 18.2 Å². The molecule has 0 amide bonds. The minimum absolute atomic E-state index is 0.576. The summed E-state index contributed by atoms with van der Waals surface area (Å²) in [4.78, 5) is 60.5. The van der Waals surface area contributed by atoms with E-state index in [0.29, 0.717) is 0 Å². The molecule has 0 N–H and O–H groups in total. The first-order valence-electron chi connectivity index (χ1n) is 10.0. The smallest absolute Gasteiger partial charge is 0.356 e. The number of rotatable bonds is 11. The highest BCUT2D eigenvalue weighted by atomic mass is 16.6. The summed E-state index contributed by atoms with van der Waals surface area (Å²) in [7, 11) is 0. The van der Waals surface area contributed by atoms with Crippen molar-refractivity contribution >= 4 is 29.7 Å². The number of ketones is 1. The maximum absolute atomic E-state index is 12.7. The lowest BCUT2D eigenvalue weighted by Crippen LogP contribution is -2.41. The highest BCUT2D eigenvalue weighted by Crippen LogP contribution is 2.20. The van der Waals surface area contributed by atoms with Gasteiger partial charge in [0.05, 0.1) is 0 Å². The average Bonchev–Trinajstić information content (AvgIpc) is 3.05. The fourth-order valence-electron chi connectivity index (χ4n) is 2.35. The van der Waals surface area contributed by atoms with Gasteiger partial charge in [-0.1, -0.05) is 54.7 Å². The van der Waals surface area contributed by atoms with Crippen LogP contribution in [0, 0.1) is 0 Å². The highest BCUT2D eigenvalue weighted by Gasteiger charge is 2.51. The molecule has 0 bridgehead atoms. The summed E-state index contributed by atoms with van der Waals surface area (Å²) in [6.45, 7) is 4.65. The molecule has 1 saturated heterocycles. The lowest BCUT2D eigenvalue weighted by Gasteiger charge is -2.20. The average molecular weight is 458 g/mol. The maximum atomic E-state index is 12.7. The number of carbonyl (C=O) groups is 5. The number of ether oxygens (including phenoxy) is 4. The quantitative estimate of drug-likeness (QED) is 0.151. The zero-order valence-electron chi connectivity index (χ0n) is 18.5. The molecule has 1 fully saturated rings. The van der Waals surface area contributed by atoms with E-state index in [4.69, 9.17) is 18.9 Å². The number of esters is 4. The lowest BCUT2D eigenvalue weighted by atomic mass is 10.1. The highest BCUT2D eigenvalue weighted by molar-refractivity contribution is 6.11. The summed E-state index contributed by atoms with van der Waals surface area (Å²) in [6.07, 6.45) is 12.2. The number of carbonyl (C=O) groups excluding carboxylic acids is 5. The van der Waals surface area contributed by atoms with Crippen molar-refractivity contribution in [3.8, 4) is 0 Å². The molecule has 3 atom stereocenters. The summed E-state index contributed by atoms with van der Waals surface area (Å²) >= 11 is 0. The van der Waals surface area contributed by atoms with Gasteiger partial charge in [-0.05, 0) is 20.8 Å². The molecule has 0 aromatic heterocycles. The van der Waals surface area contributed by atoms with Crippen LogP contribution in [0.1, 0.15) is 20.8 Å². The Morgan fingerprint density at radius 1 is 0.818 bits per heavy atom. The van der Waals surface area contributed by atoms with E-state index in [1.165, 1.54) is 18.2 Å². The molecular weight excluding hydrogens is 432 g/mol. The topological polar surface area (TPSA) is 122 Å². The lowest BCUT2D eigenvalue weighted by molar-refractivity contribution is -0.168. The van der Waals surface area contributed by atoms with E-state index in [-0.39, 0.29) is 0 Å². The van der Waals surface area contributed by atoms with Crippen molar-refractivity contribution in [2.24, 2.45) is 0 Å². The molecule has 0 aromatic carbocycles. The van der Waals surface area contributed by atoms with Crippen LogP contribution in [0.2, 0.25) is 0 Å². The number of cyclic esters (lactones) is 1. The summed E-state index contributed by atoms with van der Waals surface area (Å²) in [5.74, 6) is -4.64. The molecule has 9 heteroatoms. The fourth-order valence-corrected chi connectivity index (χ4v) is 2.35. The third-order valence-electron chi connectivity index (χ3n) is 3.83. The van der Waals surface area contributed by atoms with Crippen LogP contribution in [0.25, 0.3) is 0 Å². The predicted molar refractivity (Wildman–Crippen MR) is 117 cm³/mol. The van der Waals surface area contributed by atoms with Crippen molar-refractivity contribution < 1.29 is 42.9 Å². The van der Waals surface area contributed by atoms with Gasteiger partial charge in [-0.3, -0.25) is 4.79 Å². The Hall–Kier alpha value is -4.01. The van der Waals surface area contributed by atoms with Gasteiger partial charge >= 0.3 is 23.9 Å². The van der Waals surface area contributed by atoms with Crippen LogP contribution in [0.15, 0.2) is 72.9 Å². The van der Waals surface area contributed by atoms with Crippen molar-refractivity contribution in [2.45, 2.75) is 39.1 Å². The normalized spacial score (nSPS) is 20.0. The zero-order chi connectivity index (χ0) is 24.6. The van der Waals surface area contributed by atoms with Crippen LogP contribution in [0.4, 0.5) is 0 Å². The molecule has 0 aromatic rings. The van der Waals surface area contributed by atoms with Crippen molar-refractivity contribution in [3.05, 3.63) is 72.9 Å². The largest absolute Gasteiger partial charge is 0.458 e. The van der Waals surface area contributed by atoms with E-state index >= 15 is 0 Å². The van der Waals surface area contributed by atoms with Gasteiger partial charge in [0.25, 0.3) is 6.10 Å². The van der Waals surface area contributed by atoms with E-state index in [1.54, 1.807) is 57.2 Å². The van der Waals surface area contributed by atoms with Crippen LogP contribution in [0.3, 0.4) is 0 Å². The van der Waals surface area contributed by atoms with E-state index < -0.39 is 54.6 Å². The summed E-state index contributed by atoms with van der Waals surface area (Å²) < 4.78 is 20.0. The molecule has 33 heavy (non-hydrogen) atoms. The molecule has 1 rings (SSSR count). The first kappa shape index (κ1) is 27.0. The molecule has 3 unspecified atom stereocenters. The van der Waals surface area contributed by atoms with Crippen LogP contribution >= 0.6 is 0 Å². The van der Waals surface area contributed by atoms with Gasteiger partial charge in [0.15, 0.2) is 6.10 Å². The second kappa shape index (κ2) is 14.9. The third kappa shape index (κ3) is 9.77. The molecule has 1 aliphatic rings. The van der Waals surface area contributed by atoms with Crippen LogP contribution in [-0.2, 0) is 42.9 Å². The van der Waals surface area contributed by atoms with Crippen LogP contribution in [0.5, 0.6) is 0 Å². The molecule has 0 radical (unpaired) electrons. The molecule has 1 heterocycles. The Bertz CT molecular complexity index is 903. The molecule has 9 nitrogen and oxygen atoms in total. The molecule has 0 spiro atoms. The molecule has 1 aliphatic heterocycles. The number of Topliss-reactive ketones (excluding diaryl/α,β-unsaturated/α-hetero) is 1. The Morgan fingerprint density at radius 3 is 1.88 bits per heavy atom. The Labute approximate surface area is 191 Å². The van der Waals surface area contributed by atoms with Gasteiger partial charge in [-0.15, -0.1) is 0 Å². The van der Waals surface area contributed by atoms with Gasteiger partial charge in [0.1, 0.15) is 6.61 Å². The molecule has 0 saturated carbocycles. The summed E-state index contributed by atoms with van der Waals surface area (Å²) in [5.41, 5.74) is 0. The van der Waals surface area contributed by atoms with Crippen molar-refractivity contribution in [2.75, 3.05) is 6.61 Å². The molecule has 0 aliphatic carbocycles. The van der Waals surface area contributed by atoms with Gasteiger partial charge in [-0.25, -0.2) is 19.2 Å². The second-order valence-electron chi connectivity index (χ2n) is 6.34. The van der Waals surface area contributed by atoms with Crippen molar-refractivity contribution in [3.63, 3.8) is 0 Å². The van der Waals surface area contributed by atoms with Gasteiger partial charge in [0.2, 0.25) is 11.9 Å². The number of hydrogen-bond donors (Lipinski definition) is 0. The second-order valence-corrected chi connectivity index (χ2v) is 6.34. The van der Waals surface area contributed by atoms with E-state index in [0.717, 1.165) is 18.2 Å². The molecule has 176 valence electrons. The zero-order valence-corrected chi connectivity index (χ0v) is 18.5. The van der Waals surface area contributed by atoms with Gasteiger partial charge < -0.3 is 18.9 Å². The fraction of sp³-hybridized carbons (Fsp3) is 0.292. The minimum atomic E-state index is -1.83. The predicted octanol–water partition coefficient (Wildman–Crippen LogP) is 2.24. The minimum Gasteiger partial charge on any atom is -0.458 e. The van der Waals surface area contributed by atoms with E-state index in [1.807, 2.05) is 0 Å². The number of hydrogen-bond acceptors (Lipinski definition) is 9. The summed E-state index contributed by atoms with van der Waals surface area (Å²) in [6, 6.07) is 0. The molecular formula is C24H26O9. The van der Waals surface area contributed by atoms with E-state index in [9.17, 15) is 24.0 Å². The van der Waals surface area contributed by atoms with Gasteiger partial charge in [-0.2, -0.15) is 0 Å². The monoisotopic (exact) mass is 458 g/mol. The third-order valence-corrected chi connectivity index (χ3v) is 3.83. The van der Waals surface area contributed by atoms with Crippen LogP contribution in [-0.4, -0.2) is 54.6 Å². The Balaban J connectivity index is 2.97. The van der Waals surface area contributed by atoms with Crippen molar-refractivity contribution in [1.82, 2.24) is 0 Å². The Kier molecular flexibility index (Phi) is 12.2. The number of allylic oxidation sites excluding steroid dienone is 9. The van der Waals surface area contributed by atoms with Crippen LogP contribution < -0.4 is 0 Å². The summed E-state index contributed by atoms with van der Waals surface area (Å²) in [5, 5.41) is 0. The standard InChI is InChI=1S/C24H26O9/c1-4-7-10-13-18(25)30-16-17(31-19(26)14-11-8-5-2)22-21(28)23(24(29)33-22)32-20(27)15-12-9-6-3/h4-15,17,22-23H,16H2,1-3H3/b7-4+,8-5+,9-6+,13-10+,14-11+,15-12+. The maximum Gasteiger partial charge on any atom is 0.356 e. The first-order valence-corrected chi connectivity index (χ1v) is 10.0. The van der Waals surface area contributed by atoms with Crippen molar-refractivity contribution in [1.29, 1.82) is 0 Å². The van der Waals surface area contributed by atoms with E-state index in [2.05, 4.69) is 0 Å². The Morgan fingerprint density at radius 2 is 1.33 bits per heavy atom.